The third kappa shape index (κ3) is 5.84. The second-order valence-corrected chi connectivity index (χ2v) is 9.54. The van der Waals surface area contributed by atoms with Gasteiger partial charge in [-0.15, -0.1) is 0 Å². The molecule has 1 N–H and O–H groups in total. The number of rotatable bonds is 7. The van der Waals surface area contributed by atoms with Crippen LogP contribution in [0.3, 0.4) is 0 Å². The van der Waals surface area contributed by atoms with Gasteiger partial charge in [0.25, 0.3) is 0 Å². The number of para-hydroxylation sites is 1. The zero-order valence-electron chi connectivity index (χ0n) is 19.8. The number of carbonyl (C=O) groups is 3. The second-order valence-electron chi connectivity index (χ2n) is 8.37. The van der Waals surface area contributed by atoms with Crippen LogP contribution in [0.25, 0.3) is 0 Å². The van der Waals surface area contributed by atoms with Gasteiger partial charge in [-0.2, -0.15) is 0 Å². The molecule has 1 saturated heterocycles. The molecule has 1 unspecified atom stereocenters. The zero-order chi connectivity index (χ0) is 24.9. The number of hydrogen-bond acceptors (Lipinski definition) is 6. The van der Waals surface area contributed by atoms with Crippen LogP contribution >= 0.6 is 11.8 Å². The number of Topliss-reactive ketones (excluding diaryl/α,β-unsaturated/α-hetero) is 1. The maximum atomic E-state index is 13.4. The molecule has 2 amide bonds. The fourth-order valence-corrected chi connectivity index (χ4v) is 4.91. The summed E-state index contributed by atoms with van der Waals surface area (Å²) < 4.78 is 0. The Kier molecular flexibility index (Phi) is 7.41. The SMILES string of the molecule is CC(=O)c1ccc(NC(=O)CC2SC(=Nc3c(C)cccc3C)N(Cc3ccccn3)C2=O)cc1. The third-order valence-electron chi connectivity index (χ3n) is 5.66. The molecule has 1 aromatic heterocycles. The summed E-state index contributed by atoms with van der Waals surface area (Å²) in [5.74, 6) is -0.496. The number of pyridine rings is 1. The van der Waals surface area contributed by atoms with E-state index in [9.17, 15) is 14.4 Å². The average molecular weight is 487 g/mol. The Morgan fingerprint density at radius 1 is 1.03 bits per heavy atom. The molecule has 0 radical (unpaired) electrons. The predicted molar refractivity (Wildman–Crippen MR) is 139 cm³/mol. The molecular formula is C27H26N4O3S. The molecule has 1 fully saturated rings. The molecule has 4 rings (SSSR count). The fraction of sp³-hybridized carbons (Fsp3) is 0.222. The third-order valence-corrected chi connectivity index (χ3v) is 6.83. The minimum Gasteiger partial charge on any atom is -0.326 e. The molecule has 0 aliphatic carbocycles. The lowest BCUT2D eigenvalue weighted by molar-refractivity contribution is -0.128. The van der Waals surface area contributed by atoms with Crippen molar-refractivity contribution in [3.63, 3.8) is 0 Å². The number of benzene rings is 2. The van der Waals surface area contributed by atoms with E-state index in [1.54, 1.807) is 35.4 Å². The summed E-state index contributed by atoms with van der Waals surface area (Å²) in [6.45, 7) is 5.74. The van der Waals surface area contributed by atoms with Crippen LogP contribution in [-0.2, 0) is 16.1 Å². The van der Waals surface area contributed by atoms with E-state index in [0.29, 0.717) is 16.4 Å². The van der Waals surface area contributed by atoms with Crippen LogP contribution in [0.4, 0.5) is 11.4 Å². The highest BCUT2D eigenvalue weighted by Crippen LogP contribution is 2.34. The lowest BCUT2D eigenvalue weighted by atomic mass is 10.1. The molecule has 0 saturated carbocycles. The number of amidine groups is 1. The number of carbonyl (C=O) groups excluding carboxylic acids is 3. The number of thioether (sulfide) groups is 1. The number of aliphatic imine (C=N–C) groups is 1. The van der Waals surface area contributed by atoms with Gasteiger partial charge in [0.05, 0.1) is 17.9 Å². The molecule has 1 aliphatic heterocycles. The smallest absolute Gasteiger partial charge is 0.243 e. The first-order valence-electron chi connectivity index (χ1n) is 11.3. The summed E-state index contributed by atoms with van der Waals surface area (Å²) in [4.78, 5) is 48.4. The van der Waals surface area contributed by atoms with Crippen molar-refractivity contribution < 1.29 is 14.4 Å². The van der Waals surface area contributed by atoms with Gasteiger partial charge in [0.15, 0.2) is 11.0 Å². The van der Waals surface area contributed by atoms with E-state index in [2.05, 4.69) is 10.3 Å². The monoisotopic (exact) mass is 486 g/mol. The van der Waals surface area contributed by atoms with Crippen molar-refractivity contribution >= 4 is 45.9 Å². The molecule has 3 aromatic rings. The van der Waals surface area contributed by atoms with E-state index < -0.39 is 5.25 Å². The quantitative estimate of drug-likeness (QED) is 0.471. The minimum atomic E-state index is -0.599. The van der Waals surface area contributed by atoms with Crippen LogP contribution in [0.15, 0.2) is 71.9 Å². The number of aromatic nitrogens is 1. The molecule has 0 bridgehead atoms. The Hall–Kier alpha value is -3.78. The summed E-state index contributed by atoms with van der Waals surface area (Å²) in [5.41, 5.74) is 4.74. The van der Waals surface area contributed by atoms with Crippen LogP contribution in [0, 0.1) is 13.8 Å². The first kappa shape index (κ1) is 24.3. The number of nitrogens with one attached hydrogen (secondary N) is 1. The van der Waals surface area contributed by atoms with Crippen molar-refractivity contribution in [2.45, 2.75) is 39.0 Å². The van der Waals surface area contributed by atoms with Crippen LogP contribution in [0.5, 0.6) is 0 Å². The van der Waals surface area contributed by atoms with Crippen molar-refractivity contribution in [3.05, 3.63) is 89.2 Å². The molecule has 7 nitrogen and oxygen atoms in total. The van der Waals surface area contributed by atoms with Crippen LogP contribution in [-0.4, -0.2) is 37.9 Å². The minimum absolute atomic E-state index is 0.00243. The van der Waals surface area contributed by atoms with Crippen molar-refractivity contribution in [2.75, 3.05) is 5.32 Å². The maximum absolute atomic E-state index is 13.4. The molecule has 0 spiro atoms. The maximum Gasteiger partial charge on any atom is 0.243 e. The van der Waals surface area contributed by atoms with Gasteiger partial charge in [0, 0.05) is 23.9 Å². The van der Waals surface area contributed by atoms with Gasteiger partial charge in [0.1, 0.15) is 5.25 Å². The van der Waals surface area contributed by atoms with Crippen LogP contribution in [0.1, 0.15) is 40.5 Å². The number of hydrogen-bond donors (Lipinski definition) is 1. The van der Waals surface area contributed by atoms with Gasteiger partial charge < -0.3 is 5.32 Å². The highest BCUT2D eigenvalue weighted by Gasteiger charge is 2.39. The van der Waals surface area contributed by atoms with Crippen molar-refractivity contribution in [1.82, 2.24) is 9.88 Å². The van der Waals surface area contributed by atoms with E-state index in [4.69, 9.17) is 4.99 Å². The van der Waals surface area contributed by atoms with E-state index >= 15 is 0 Å². The van der Waals surface area contributed by atoms with Gasteiger partial charge in [-0.1, -0.05) is 36.0 Å². The topological polar surface area (TPSA) is 91.7 Å². The number of ketones is 1. The number of amides is 2. The molecule has 2 aromatic carbocycles. The van der Waals surface area contributed by atoms with Gasteiger partial charge >= 0.3 is 0 Å². The van der Waals surface area contributed by atoms with Crippen molar-refractivity contribution in [2.24, 2.45) is 4.99 Å². The molecular weight excluding hydrogens is 460 g/mol. The summed E-state index contributed by atoms with van der Waals surface area (Å²) >= 11 is 1.30. The summed E-state index contributed by atoms with van der Waals surface area (Å²) in [6, 6.07) is 18.2. The van der Waals surface area contributed by atoms with Gasteiger partial charge in [0.2, 0.25) is 11.8 Å². The zero-order valence-corrected chi connectivity index (χ0v) is 20.6. The molecule has 2 heterocycles. The van der Waals surface area contributed by atoms with Crippen molar-refractivity contribution in [1.29, 1.82) is 0 Å². The summed E-state index contributed by atoms with van der Waals surface area (Å²) in [5, 5.41) is 2.77. The average Bonchev–Trinajstić information content (AvgIpc) is 3.11. The Labute approximate surface area is 208 Å². The Balaban J connectivity index is 1.55. The van der Waals surface area contributed by atoms with Crippen LogP contribution in [0.2, 0.25) is 0 Å². The van der Waals surface area contributed by atoms with Crippen molar-refractivity contribution in [3.8, 4) is 0 Å². The standard InChI is InChI=1S/C27H26N4O3S/c1-17-7-6-8-18(2)25(17)30-27-31(16-22-9-4-5-14-28-22)26(34)23(35-27)15-24(33)29-21-12-10-20(11-13-21)19(3)32/h4-14,23H,15-16H2,1-3H3,(H,29,33). The number of anilines is 1. The molecule has 8 heteroatoms. The molecule has 1 atom stereocenters. The predicted octanol–water partition coefficient (Wildman–Crippen LogP) is 5.06. The fourth-order valence-electron chi connectivity index (χ4n) is 3.77. The highest BCUT2D eigenvalue weighted by atomic mass is 32.2. The van der Waals surface area contributed by atoms with Gasteiger partial charge in [-0.25, -0.2) is 4.99 Å². The first-order valence-corrected chi connectivity index (χ1v) is 12.1. The Morgan fingerprint density at radius 2 is 1.74 bits per heavy atom. The van der Waals surface area contributed by atoms with Crippen LogP contribution < -0.4 is 5.32 Å². The van der Waals surface area contributed by atoms with E-state index in [0.717, 1.165) is 22.5 Å². The van der Waals surface area contributed by atoms with Gasteiger partial charge in [-0.05, 0) is 68.3 Å². The summed E-state index contributed by atoms with van der Waals surface area (Å²) in [7, 11) is 0. The Bertz CT molecular complexity index is 1270. The second kappa shape index (κ2) is 10.7. The van der Waals surface area contributed by atoms with Gasteiger partial charge in [-0.3, -0.25) is 24.3 Å². The molecule has 178 valence electrons. The van der Waals surface area contributed by atoms with E-state index in [1.807, 2.05) is 50.2 Å². The highest BCUT2D eigenvalue weighted by molar-refractivity contribution is 8.15. The molecule has 35 heavy (non-hydrogen) atoms. The first-order chi connectivity index (χ1) is 16.8. The number of nitrogens with zero attached hydrogens (tertiary/aromatic N) is 3. The summed E-state index contributed by atoms with van der Waals surface area (Å²) in [6.07, 6.45) is 1.69. The van der Waals surface area contributed by atoms with E-state index in [1.165, 1.54) is 18.7 Å². The van der Waals surface area contributed by atoms with E-state index in [-0.39, 0.29) is 30.6 Å². The lowest BCUT2D eigenvalue weighted by Crippen LogP contribution is -2.33. The normalized spacial score (nSPS) is 16.5. The lowest BCUT2D eigenvalue weighted by Gasteiger charge is -2.16. The molecule has 1 aliphatic rings. The largest absolute Gasteiger partial charge is 0.326 e. The number of aryl methyl sites for hydroxylation is 2. The Morgan fingerprint density at radius 3 is 2.37 bits per heavy atom.